The summed E-state index contributed by atoms with van der Waals surface area (Å²) in [4.78, 5) is 12.2. The summed E-state index contributed by atoms with van der Waals surface area (Å²) in [6, 6.07) is 6.42. The third-order valence-corrected chi connectivity index (χ3v) is 5.11. The lowest BCUT2D eigenvalue weighted by Crippen LogP contribution is -2.48. The minimum Gasteiger partial charge on any atom is -0.493 e. The van der Waals surface area contributed by atoms with E-state index in [0.717, 1.165) is 25.8 Å². The predicted molar refractivity (Wildman–Crippen MR) is 88.2 cm³/mol. The molecular formula is C16H24N2O4S. The maximum Gasteiger partial charge on any atom is 0.223 e. The molecule has 2 unspecified atom stereocenters. The van der Waals surface area contributed by atoms with Gasteiger partial charge in [-0.1, -0.05) is 6.92 Å². The van der Waals surface area contributed by atoms with Crippen LogP contribution >= 0.6 is 0 Å². The van der Waals surface area contributed by atoms with E-state index in [1.807, 2.05) is 0 Å². The lowest BCUT2D eigenvalue weighted by atomic mass is 9.95. The van der Waals surface area contributed by atoms with Crippen molar-refractivity contribution in [2.75, 3.05) is 26.0 Å². The lowest BCUT2D eigenvalue weighted by Gasteiger charge is -2.30. The van der Waals surface area contributed by atoms with E-state index in [2.05, 4.69) is 17.6 Å². The number of rotatable bonds is 6. The van der Waals surface area contributed by atoms with Crippen molar-refractivity contribution in [1.29, 1.82) is 0 Å². The van der Waals surface area contributed by atoms with Gasteiger partial charge in [0, 0.05) is 12.3 Å². The van der Waals surface area contributed by atoms with Gasteiger partial charge in [0.05, 0.1) is 17.9 Å². The fourth-order valence-electron chi connectivity index (χ4n) is 2.55. The quantitative estimate of drug-likeness (QED) is 0.806. The van der Waals surface area contributed by atoms with Crippen molar-refractivity contribution in [3.05, 3.63) is 24.3 Å². The first kappa shape index (κ1) is 17.7. The lowest BCUT2D eigenvalue weighted by molar-refractivity contribution is -0.122. The van der Waals surface area contributed by atoms with E-state index in [9.17, 15) is 13.2 Å². The first-order valence-electron chi connectivity index (χ1n) is 7.79. The van der Waals surface area contributed by atoms with Crippen LogP contribution in [0.15, 0.2) is 29.2 Å². The fraction of sp³-hybridized carbons (Fsp3) is 0.562. The monoisotopic (exact) mass is 340 g/mol. The largest absolute Gasteiger partial charge is 0.493 e. The van der Waals surface area contributed by atoms with Crippen molar-refractivity contribution in [3.8, 4) is 5.75 Å². The normalized spacial score (nSPS) is 21.7. The standard InChI is InChI=1S/C16H24N2O4S/c1-12-11-17-9-7-15(12)18-16(19)8-10-22-13-3-5-14(6-4-13)23(2,20)21/h3-6,12,15,17H,7-11H2,1-2H3,(H,18,19). The molecule has 2 atom stereocenters. The number of hydrogen-bond donors (Lipinski definition) is 2. The Bertz CT molecular complexity index is 628. The van der Waals surface area contributed by atoms with Crippen molar-refractivity contribution in [2.45, 2.75) is 30.7 Å². The molecule has 6 nitrogen and oxygen atoms in total. The van der Waals surface area contributed by atoms with Gasteiger partial charge in [-0.15, -0.1) is 0 Å². The number of ether oxygens (including phenoxy) is 1. The Labute approximate surface area is 137 Å². The smallest absolute Gasteiger partial charge is 0.223 e. The highest BCUT2D eigenvalue weighted by molar-refractivity contribution is 7.90. The van der Waals surface area contributed by atoms with Crippen molar-refractivity contribution < 1.29 is 17.9 Å². The van der Waals surface area contributed by atoms with E-state index in [1.54, 1.807) is 12.1 Å². The molecule has 0 radical (unpaired) electrons. The molecule has 128 valence electrons. The Morgan fingerprint density at radius 2 is 2.04 bits per heavy atom. The molecule has 0 aliphatic carbocycles. The van der Waals surface area contributed by atoms with E-state index in [-0.39, 0.29) is 29.9 Å². The number of nitrogens with one attached hydrogen (secondary N) is 2. The Balaban J connectivity index is 1.75. The molecule has 1 heterocycles. The van der Waals surface area contributed by atoms with Gasteiger partial charge in [0.15, 0.2) is 9.84 Å². The van der Waals surface area contributed by atoms with Crippen LogP contribution in [0.25, 0.3) is 0 Å². The maximum absolute atomic E-state index is 11.9. The van der Waals surface area contributed by atoms with Crippen molar-refractivity contribution in [3.63, 3.8) is 0 Å². The molecule has 0 spiro atoms. The van der Waals surface area contributed by atoms with Crippen LogP contribution in [0, 0.1) is 5.92 Å². The summed E-state index contributed by atoms with van der Waals surface area (Å²) in [6.45, 7) is 4.24. The van der Waals surface area contributed by atoms with E-state index < -0.39 is 9.84 Å². The second-order valence-electron chi connectivity index (χ2n) is 5.99. The number of carbonyl (C=O) groups is 1. The first-order chi connectivity index (χ1) is 10.9. The van der Waals surface area contributed by atoms with Crippen LogP contribution in [0.5, 0.6) is 5.75 Å². The fourth-order valence-corrected chi connectivity index (χ4v) is 3.18. The molecule has 1 aliphatic heterocycles. The molecule has 1 aromatic rings. The maximum atomic E-state index is 11.9. The number of amides is 1. The minimum atomic E-state index is -3.20. The topological polar surface area (TPSA) is 84.5 Å². The van der Waals surface area contributed by atoms with Gasteiger partial charge in [-0.2, -0.15) is 0 Å². The van der Waals surface area contributed by atoms with E-state index in [4.69, 9.17) is 4.74 Å². The van der Waals surface area contributed by atoms with Gasteiger partial charge in [0.25, 0.3) is 0 Å². The van der Waals surface area contributed by atoms with Crippen LogP contribution in [-0.2, 0) is 14.6 Å². The third-order valence-electron chi connectivity index (χ3n) is 3.98. The van der Waals surface area contributed by atoms with Gasteiger partial charge in [0.1, 0.15) is 5.75 Å². The Morgan fingerprint density at radius 3 is 2.65 bits per heavy atom. The summed E-state index contributed by atoms with van der Waals surface area (Å²) in [5.41, 5.74) is 0. The Hall–Kier alpha value is -1.60. The van der Waals surface area contributed by atoms with Gasteiger partial charge >= 0.3 is 0 Å². The summed E-state index contributed by atoms with van der Waals surface area (Å²) in [7, 11) is -3.20. The number of piperidine rings is 1. The molecule has 0 saturated carbocycles. The molecule has 1 fully saturated rings. The van der Waals surface area contributed by atoms with Crippen LogP contribution in [-0.4, -0.2) is 46.3 Å². The zero-order chi connectivity index (χ0) is 16.9. The molecule has 0 aromatic heterocycles. The molecule has 7 heteroatoms. The van der Waals surface area contributed by atoms with Gasteiger partial charge in [-0.05, 0) is 49.7 Å². The van der Waals surface area contributed by atoms with Crippen LogP contribution in [0.2, 0.25) is 0 Å². The molecule has 23 heavy (non-hydrogen) atoms. The van der Waals surface area contributed by atoms with Crippen molar-refractivity contribution >= 4 is 15.7 Å². The summed E-state index contributed by atoms with van der Waals surface area (Å²) in [5.74, 6) is 0.967. The van der Waals surface area contributed by atoms with Gasteiger partial charge in [-0.25, -0.2) is 8.42 Å². The van der Waals surface area contributed by atoms with Crippen LogP contribution in [0.3, 0.4) is 0 Å². The minimum absolute atomic E-state index is 0.0171. The van der Waals surface area contributed by atoms with Crippen LogP contribution < -0.4 is 15.4 Å². The molecular weight excluding hydrogens is 316 g/mol. The van der Waals surface area contributed by atoms with Crippen molar-refractivity contribution in [1.82, 2.24) is 10.6 Å². The van der Waals surface area contributed by atoms with E-state index >= 15 is 0 Å². The third kappa shape index (κ3) is 5.51. The van der Waals surface area contributed by atoms with Gasteiger partial charge < -0.3 is 15.4 Å². The average Bonchev–Trinajstić information content (AvgIpc) is 2.49. The Morgan fingerprint density at radius 1 is 1.35 bits per heavy atom. The molecule has 0 bridgehead atoms. The van der Waals surface area contributed by atoms with E-state index in [0.29, 0.717) is 11.7 Å². The zero-order valence-electron chi connectivity index (χ0n) is 13.5. The summed E-state index contributed by atoms with van der Waals surface area (Å²) < 4.78 is 28.2. The van der Waals surface area contributed by atoms with Gasteiger partial charge in [0.2, 0.25) is 5.91 Å². The Kier molecular flexibility index (Phi) is 6.01. The number of benzene rings is 1. The van der Waals surface area contributed by atoms with E-state index in [1.165, 1.54) is 12.1 Å². The second-order valence-corrected chi connectivity index (χ2v) is 8.00. The van der Waals surface area contributed by atoms with Crippen LogP contribution in [0.4, 0.5) is 0 Å². The molecule has 2 N–H and O–H groups in total. The molecule has 1 amide bonds. The summed E-state index contributed by atoms with van der Waals surface area (Å²) in [5, 5.41) is 6.34. The highest BCUT2D eigenvalue weighted by Crippen LogP contribution is 2.16. The van der Waals surface area contributed by atoms with Crippen molar-refractivity contribution in [2.24, 2.45) is 5.92 Å². The molecule has 2 rings (SSSR count). The second kappa shape index (κ2) is 7.79. The summed E-state index contributed by atoms with van der Waals surface area (Å²) >= 11 is 0. The average molecular weight is 340 g/mol. The molecule has 1 aromatic carbocycles. The number of hydrogen-bond acceptors (Lipinski definition) is 5. The number of sulfone groups is 1. The van der Waals surface area contributed by atoms with Gasteiger partial charge in [-0.3, -0.25) is 4.79 Å². The highest BCUT2D eigenvalue weighted by atomic mass is 32.2. The molecule has 1 saturated heterocycles. The number of carbonyl (C=O) groups excluding carboxylic acids is 1. The molecule has 1 aliphatic rings. The zero-order valence-corrected chi connectivity index (χ0v) is 14.4. The predicted octanol–water partition coefficient (Wildman–Crippen LogP) is 0.973. The highest BCUT2D eigenvalue weighted by Gasteiger charge is 2.22. The first-order valence-corrected chi connectivity index (χ1v) is 9.68. The SMILES string of the molecule is CC1CNCCC1NC(=O)CCOc1ccc(S(C)(=O)=O)cc1. The summed E-state index contributed by atoms with van der Waals surface area (Å²) in [6.07, 6.45) is 2.39. The van der Waals surface area contributed by atoms with Crippen LogP contribution in [0.1, 0.15) is 19.8 Å².